The lowest BCUT2D eigenvalue weighted by Gasteiger charge is -2.37. The third kappa shape index (κ3) is 7.51. The van der Waals surface area contributed by atoms with E-state index >= 15 is 4.39 Å². The second-order valence-corrected chi connectivity index (χ2v) is 14.6. The lowest BCUT2D eigenvalue weighted by molar-refractivity contribution is -0.169. The number of hydrogen-bond acceptors (Lipinski definition) is 6. The van der Waals surface area contributed by atoms with Crippen LogP contribution in [0.4, 0.5) is 4.39 Å². The van der Waals surface area contributed by atoms with Gasteiger partial charge in [-0.2, -0.15) is 0 Å². The van der Waals surface area contributed by atoms with Crippen LogP contribution in [0.15, 0.2) is 12.1 Å². The van der Waals surface area contributed by atoms with Crippen molar-refractivity contribution in [3.8, 4) is 11.5 Å². The van der Waals surface area contributed by atoms with Gasteiger partial charge in [-0.3, -0.25) is 14.4 Å². The van der Waals surface area contributed by atoms with Crippen molar-refractivity contribution in [3.05, 3.63) is 23.5 Å². The molecule has 0 saturated heterocycles. The van der Waals surface area contributed by atoms with Crippen molar-refractivity contribution in [2.24, 2.45) is 29.1 Å². The van der Waals surface area contributed by atoms with Crippen LogP contribution < -0.4 is 20.1 Å². The third-order valence-electron chi connectivity index (χ3n) is 10.4. The maximum absolute atomic E-state index is 15.2. The molecule has 3 saturated carbocycles. The highest BCUT2D eigenvalue weighted by Gasteiger charge is 2.52. The summed E-state index contributed by atoms with van der Waals surface area (Å²) in [5.41, 5.74) is -1.01. The number of carbonyl (C=O) groups is 3. The van der Waals surface area contributed by atoms with Gasteiger partial charge in [0.05, 0.1) is 30.1 Å². The van der Waals surface area contributed by atoms with Gasteiger partial charge in [0.1, 0.15) is 11.4 Å². The van der Waals surface area contributed by atoms with Crippen LogP contribution in [0.3, 0.4) is 0 Å². The van der Waals surface area contributed by atoms with Crippen LogP contribution in [-0.4, -0.2) is 48.7 Å². The monoisotopic (exact) mass is 616 g/mol. The van der Waals surface area contributed by atoms with Gasteiger partial charge < -0.3 is 24.8 Å². The lowest BCUT2D eigenvalue weighted by atomic mass is 9.74. The Morgan fingerprint density at radius 1 is 1.02 bits per heavy atom. The van der Waals surface area contributed by atoms with E-state index in [-0.39, 0.29) is 64.9 Å². The molecule has 0 radical (unpaired) electrons. The first-order valence-electron chi connectivity index (χ1n) is 16.6. The number of nitrogens with one attached hydrogen (secondary N) is 2. The van der Waals surface area contributed by atoms with Gasteiger partial charge in [0.15, 0.2) is 11.6 Å². The van der Waals surface area contributed by atoms with Gasteiger partial charge >= 0.3 is 5.97 Å². The minimum atomic E-state index is -0.619. The summed E-state index contributed by atoms with van der Waals surface area (Å²) >= 11 is 0. The molecule has 2 N–H and O–H groups in total. The van der Waals surface area contributed by atoms with Gasteiger partial charge in [-0.1, -0.05) is 26.7 Å². The van der Waals surface area contributed by atoms with Crippen molar-refractivity contribution < 1.29 is 33.0 Å². The minimum Gasteiger partial charge on any atom is -0.496 e. The molecule has 0 aliphatic heterocycles. The van der Waals surface area contributed by atoms with Crippen molar-refractivity contribution in [1.82, 2.24) is 10.6 Å². The van der Waals surface area contributed by atoms with Crippen LogP contribution in [0.5, 0.6) is 11.5 Å². The van der Waals surface area contributed by atoms with Gasteiger partial charge in [-0.25, -0.2) is 4.39 Å². The zero-order valence-corrected chi connectivity index (χ0v) is 27.9. The molecule has 0 spiro atoms. The number of ether oxygens (including phenoxy) is 3. The molecule has 3 aliphatic carbocycles. The maximum atomic E-state index is 15.2. The fourth-order valence-corrected chi connectivity index (χ4v) is 7.64. The molecule has 3 aliphatic rings. The van der Waals surface area contributed by atoms with E-state index in [4.69, 9.17) is 14.2 Å². The Morgan fingerprint density at radius 2 is 1.66 bits per heavy atom. The highest BCUT2D eigenvalue weighted by atomic mass is 19.1. The van der Waals surface area contributed by atoms with Crippen molar-refractivity contribution in [2.75, 3.05) is 7.11 Å². The second-order valence-electron chi connectivity index (χ2n) is 14.6. The summed E-state index contributed by atoms with van der Waals surface area (Å²) < 4.78 is 32.3. The fourth-order valence-electron chi connectivity index (χ4n) is 7.64. The Balaban J connectivity index is 1.45. The van der Waals surface area contributed by atoms with Crippen LogP contribution in [-0.2, 0) is 14.3 Å². The summed E-state index contributed by atoms with van der Waals surface area (Å²) in [6, 6.07) is 2.35. The van der Waals surface area contributed by atoms with Gasteiger partial charge in [0.25, 0.3) is 5.91 Å². The van der Waals surface area contributed by atoms with Crippen molar-refractivity contribution >= 4 is 17.8 Å². The Hall–Kier alpha value is -2.84. The molecule has 8 nitrogen and oxygen atoms in total. The molecule has 2 amide bonds. The summed E-state index contributed by atoms with van der Waals surface area (Å²) in [5, 5.41) is 6.39. The van der Waals surface area contributed by atoms with Crippen LogP contribution >= 0.6 is 0 Å². The van der Waals surface area contributed by atoms with E-state index in [2.05, 4.69) is 31.4 Å². The molecule has 4 rings (SSSR count). The van der Waals surface area contributed by atoms with E-state index in [1.165, 1.54) is 19.2 Å². The van der Waals surface area contributed by atoms with Crippen LogP contribution in [0.25, 0.3) is 0 Å². The van der Waals surface area contributed by atoms with E-state index in [0.29, 0.717) is 31.6 Å². The molecule has 2 bridgehead atoms. The predicted molar refractivity (Wildman–Crippen MR) is 167 cm³/mol. The predicted octanol–water partition coefficient (Wildman–Crippen LogP) is 6.59. The Morgan fingerprint density at radius 3 is 2.25 bits per heavy atom. The van der Waals surface area contributed by atoms with Crippen LogP contribution in [0.2, 0.25) is 0 Å². The summed E-state index contributed by atoms with van der Waals surface area (Å²) in [5.74, 6) is -0.576. The van der Waals surface area contributed by atoms with E-state index in [9.17, 15) is 14.4 Å². The maximum Gasteiger partial charge on any atom is 0.312 e. The first-order valence-corrected chi connectivity index (χ1v) is 16.6. The van der Waals surface area contributed by atoms with Gasteiger partial charge in [-0.05, 0) is 103 Å². The number of carbonyl (C=O) groups excluding carboxylic acids is 3. The molecule has 3 fully saturated rings. The number of amides is 2. The van der Waals surface area contributed by atoms with Gasteiger partial charge in [0.2, 0.25) is 5.91 Å². The SMILES string of the molecule is CCC(CC)[C@H](C)NC(=O)[C@H]1[C@@H]2CC[C@@H](C2)[C@H]1NC(=O)c1cc(OC2CCC(C)(C(=O)OC(C)(C)C)CC2)c(F)cc1OC. The normalized spacial score (nSPS) is 28.8. The van der Waals surface area contributed by atoms with Crippen LogP contribution in [0, 0.1) is 34.9 Å². The Bertz CT molecular complexity index is 1200. The zero-order valence-electron chi connectivity index (χ0n) is 27.9. The number of hydrogen-bond donors (Lipinski definition) is 2. The third-order valence-corrected chi connectivity index (χ3v) is 10.4. The molecule has 9 heteroatoms. The summed E-state index contributed by atoms with van der Waals surface area (Å²) in [6.07, 6.45) is 6.78. The molecule has 5 atom stereocenters. The Kier molecular flexibility index (Phi) is 10.6. The first-order chi connectivity index (χ1) is 20.7. The highest BCUT2D eigenvalue weighted by molar-refractivity contribution is 5.98. The average molecular weight is 617 g/mol. The van der Waals surface area contributed by atoms with Crippen molar-refractivity contribution in [1.29, 1.82) is 0 Å². The number of rotatable bonds is 11. The van der Waals surface area contributed by atoms with Gasteiger partial charge in [0, 0.05) is 18.2 Å². The molecule has 0 heterocycles. The van der Waals surface area contributed by atoms with E-state index in [1.807, 2.05) is 27.7 Å². The molecule has 1 aromatic rings. The van der Waals surface area contributed by atoms with Crippen LogP contribution in [0.1, 0.15) is 117 Å². The molecular weight excluding hydrogens is 563 g/mol. The topological polar surface area (TPSA) is 103 Å². The molecule has 1 aromatic carbocycles. The zero-order chi connectivity index (χ0) is 32.4. The smallest absolute Gasteiger partial charge is 0.312 e. The number of halogens is 1. The minimum absolute atomic E-state index is 0.00711. The summed E-state index contributed by atoms with van der Waals surface area (Å²) in [6.45, 7) is 13.8. The second kappa shape index (κ2) is 13.7. The molecule has 246 valence electrons. The standard InChI is InChI=1S/C35H53FN2O6/c1-9-21(10-2)20(3)37-32(40)29-22-11-12-23(17-22)30(29)38-31(39)25-18-28(26(36)19-27(25)42-8)43-24-13-15-35(7,16-14-24)33(41)44-34(4,5)6/h18-24,29-30H,9-17H2,1-8H3,(H,37,40)(H,38,39)/t20-,22+,23-,24?,29-,30+,35?/m0/s1. The lowest BCUT2D eigenvalue weighted by Crippen LogP contribution is -2.52. The van der Waals surface area contributed by atoms with E-state index < -0.39 is 22.7 Å². The molecule has 44 heavy (non-hydrogen) atoms. The molecule has 0 aromatic heterocycles. The molecule has 0 unspecified atom stereocenters. The number of fused-ring (bicyclic) bond motifs is 2. The number of benzene rings is 1. The van der Waals surface area contributed by atoms with E-state index in [0.717, 1.165) is 32.1 Å². The number of esters is 1. The van der Waals surface area contributed by atoms with Crippen molar-refractivity contribution in [3.63, 3.8) is 0 Å². The quantitative estimate of drug-likeness (QED) is 0.272. The average Bonchev–Trinajstić information content (AvgIpc) is 3.57. The largest absolute Gasteiger partial charge is 0.496 e. The molecular formula is C35H53FN2O6. The highest BCUT2D eigenvalue weighted by Crippen LogP contribution is 2.49. The van der Waals surface area contributed by atoms with Gasteiger partial charge in [-0.15, -0.1) is 0 Å². The Labute approximate surface area is 262 Å². The summed E-state index contributed by atoms with van der Waals surface area (Å²) in [4.78, 5) is 40.1. The summed E-state index contributed by atoms with van der Waals surface area (Å²) in [7, 11) is 1.40. The number of methoxy groups -OCH3 is 1. The van der Waals surface area contributed by atoms with E-state index in [1.54, 1.807) is 0 Å². The van der Waals surface area contributed by atoms with Crippen molar-refractivity contribution in [2.45, 2.75) is 130 Å². The fraction of sp³-hybridized carbons (Fsp3) is 0.743. The first kappa shape index (κ1) is 34.0.